The minimum Gasteiger partial charge on any atom is -0.467 e. The molecule has 2 aliphatic rings. The first kappa shape index (κ1) is 14.2. The van der Waals surface area contributed by atoms with Crippen molar-refractivity contribution in [1.29, 1.82) is 0 Å². The molecule has 6 heteroatoms. The van der Waals surface area contributed by atoms with Gasteiger partial charge in [-0.15, -0.1) is 0 Å². The molecule has 0 radical (unpaired) electrons. The summed E-state index contributed by atoms with van der Waals surface area (Å²) in [6.45, 7) is 0. The van der Waals surface area contributed by atoms with Gasteiger partial charge in [-0.1, -0.05) is 18.2 Å². The van der Waals surface area contributed by atoms with Crippen LogP contribution in [0.1, 0.15) is 33.6 Å². The van der Waals surface area contributed by atoms with Gasteiger partial charge in [-0.05, 0) is 18.2 Å². The van der Waals surface area contributed by atoms with E-state index in [0.717, 1.165) is 4.90 Å². The minimum atomic E-state index is -1.60. The van der Waals surface area contributed by atoms with Gasteiger partial charge >= 0.3 is 5.97 Å². The highest BCUT2D eigenvalue weighted by atomic mass is 16.5. The van der Waals surface area contributed by atoms with Crippen LogP contribution in [0.4, 0.5) is 0 Å². The van der Waals surface area contributed by atoms with Crippen LogP contribution in [0.15, 0.2) is 36.4 Å². The van der Waals surface area contributed by atoms with Gasteiger partial charge in [0.25, 0.3) is 11.8 Å². The highest BCUT2D eigenvalue weighted by Crippen LogP contribution is 2.36. The Morgan fingerprint density at radius 2 is 1.73 bits per heavy atom. The SMILES string of the molecule is COC(=O)C1(N2C(=O)c3ccccc3C2=O)CC=CC(=O)C1. The van der Waals surface area contributed by atoms with Gasteiger partial charge < -0.3 is 4.74 Å². The average molecular weight is 299 g/mol. The van der Waals surface area contributed by atoms with Gasteiger partial charge in [0, 0.05) is 12.8 Å². The molecule has 1 aliphatic carbocycles. The van der Waals surface area contributed by atoms with E-state index in [0.29, 0.717) is 0 Å². The quantitative estimate of drug-likeness (QED) is 0.603. The molecule has 6 nitrogen and oxygen atoms in total. The van der Waals surface area contributed by atoms with Crippen molar-refractivity contribution in [2.45, 2.75) is 18.4 Å². The Morgan fingerprint density at radius 3 is 2.23 bits per heavy atom. The number of hydrogen-bond acceptors (Lipinski definition) is 5. The average Bonchev–Trinajstić information content (AvgIpc) is 2.78. The Balaban J connectivity index is 2.13. The molecule has 1 atom stereocenters. The number of carbonyl (C=O) groups excluding carboxylic acids is 4. The second kappa shape index (κ2) is 4.91. The number of allylic oxidation sites excluding steroid dienone is 1. The van der Waals surface area contributed by atoms with Crippen molar-refractivity contribution < 1.29 is 23.9 Å². The largest absolute Gasteiger partial charge is 0.467 e. The number of esters is 1. The summed E-state index contributed by atoms with van der Waals surface area (Å²) in [5, 5.41) is 0. The summed E-state index contributed by atoms with van der Waals surface area (Å²) in [5.41, 5.74) is -1.14. The highest BCUT2D eigenvalue weighted by Gasteiger charge is 2.55. The maximum absolute atomic E-state index is 12.6. The zero-order valence-electron chi connectivity index (χ0n) is 11.9. The number of ether oxygens (including phenoxy) is 1. The summed E-state index contributed by atoms with van der Waals surface area (Å²) in [4.78, 5) is 50.2. The first-order valence-electron chi connectivity index (χ1n) is 6.77. The number of benzene rings is 1. The molecule has 3 rings (SSSR count). The van der Waals surface area contributed by atoms with E-state index >= 15 is 0 Å². The van der Waals surface area contributed by atoms with E-state index in [2.05, 4.69) is 0 Å². The normalized spacial score (nSPS) is 23.7. The van der Waals surface area contributed by atoms with E-state index in [9.17, 15) is 19.2 Å². The highest BCUT2D eigenvalue weighted by molar-refractivity contribution is 6.23. The lowest BCUT2D eigenvalue weighted by molar-refractivity contribution is -0.154. The zero-order chi connectivity index (χ0) is 15.9. The minimum absolute atomic E-state index is 0.0664. The van der Waals surface area contributed by atoms with Crippen molar-refractivity contribution in [3.8, 4) is 0 Å². The number of amides is 2. The maximum Gasteiger partial charge on any atom is 0.333 e. The van der Waals surface area contributed by atoms with Gasteiger partial charge in [0.15, 0.2) is 11.3 Å². The summed E-state index contributed by atoms with van der Waals surface area (Å²) in [6, 6.07) is 6.34. The molecule has 0 N–H and O–H groups in total. The topological polar surface area (TPSA) is 80.8 Å². The Hall–Kier alpha value is -2.76. The van der Waals surface area contributed by atoms with Crippen molar-refractivity contribution in [1.82, 2.24) is 4.90 Å². The lowest BCUT2D eigenvalue weighted by Crippen LogP contribution is -2.59. The summed E-state index contributed by atoms with van der Waals surface area (Å²) in [5.74, 6) is -2.24. The third kappa shape index (κ3) is 1.80. The summed E-state index contributed by atoms with van der Waals surface area (Å²) < 4.78 is 4.78. The summed E-state index contributed by atoms with van der Waals surface area (Å²) in [6.07, 6.45) is 2.64. The van der Waals surface area contributed by atoms with Crippen molar-refractivity contribution in [3.63, 3.8) is 0 Å². The molecule has 0 bridgehead atoms. The Bertz CT molecular complexity index is 701. The third-order valence-electron chi connectivity index (χ3n) is 4.01. The summed E-state index contributed by atoms with van der Waals surface area (Å²) >= 11 is 0. The van der Waals surface area contributed by atoms with Crippen molar-refractivity contribution in [3.05, 3.63) is 47.5 Å². The molecule has 0 aromatic heterocycles. The zero-order valence-corrected chi connectivity index (χ0v) is 11.9. The van der Waals surface area contributed by atoms with Crippen molar-refractivity contribution in [2.75, 3.05) is 7.11 Å². The molecular weight excluding hydrogens is 286 g/mol. The van der Waals surface area contributed by atoms with Gasteiger partial charge in [0.1, 0.15) is 0 Å². The molecular formula is C16H13NO5. The van der Waals surface area contributed by atoms with Crippen LogP contribution in [0.3, 0.4) is 0 Å². The summed E-state index contributed by atoms with van der Waals surface area (Å²) in [7, 11) is 1.17. The van der Waals surface area contributed by atoms with Crippen LogP contribution in [0.2, 0.25) is 0 Å². The second-order valence-electron chi connectivity index (χ2n) is 5.26. The standard InChI is InChI=1S/C16H13NO5/c1-22-15(21)16(8-4-5-10(18)9-16)17-13(19)11-6-2-3-7-12(11)14(17)20/h2-7H,8-9H2,1H3. The molecule has 1 aromatic carbocycles. The number of methoxy groups -OCH3 is 1. The van der Waals surface area contributed by atoms with Gasteiger partial charge in [0.05, 0.1) is 18.2 Å². The monoisotopic (exact) mass is 299 g/mol. The maximum atomic E-state index is 12.6. The Labute approximate surface area is 126 Å². The van der Waals surface area contributed by atoms with E-state index in [-0.39, 0.29) is 29.8 Å². The lowest BCUT2D eigenvalue weighted by atomic mass is 9.83. The lowest BCUT2D eigenvalue weighted by Gasteiger charge is -2.37. The van der Waals surface area contributed by atoms with Gasteiger partial charge in [-0.25, -0.2) is 4.79 Å². The molecule has 1 heterocycles. The third-order valence-corrected chi connectivity index (χ3v) is 4.01. The second-order valence-corrected chi connectivity index (χ2v) is 5.26. The van der Waals surface area contributed by atoms with Gasteiger partial charge in [-0.3, -0.25) is 19.3 Å². The van der Waals surface area contributed by atoms with Crippen molar-refractivity contribution >= 4 is 23.6 Å². The van der Waals surface area contributed by atoms with Crippen LogP contribution in [0.25, 0.3) is 0 Å². The van der Waals surface area contributed by atoms with Crippen LogP contribution < -0.4 is 0 Å². The number of nitrogens with zero attached hydrogens (tertiary/aromatic N) is 1. The molecule has 0 saturated carbocycles. The van der Waals surface area contributed by atoms with E-state index in [1.807, 2.05) is 0 Å². The Kier molecular flexibility index (Phi) is 3.16. The molecule has 0 saturated heterocycles. The first-order chi connectivity index (χ1) is 10.5. The van der Waals surface area contributed by atoms with Crippen LogP contribution >= 0.6 is 0 Å². The number of ketones is 1. The molecule has 1 aromatic rings. The fourth-order valence-corrected chi connectivity index (χ4v) is 2.99. The van der Waals surface area contributed by atoms with E-state index in [1.54, 1.807) is 12.1 Å². The first-order valence-corrected chi connectivity index (χ1v) is 6.77. The van der Waals surface area contributed by atoms with Gasteiger partial charge in [0.2, 0.25) is 0 Å². The number of carbonyl (C=O) groups is 4. The molecule has 22 heavy (non-hydrogen) atoms. The molecule has 0 spiro atoms. The smallest absolute Gasteiger partial charge is 0.333 e. The fraction of sp³-hybridized carbons (Fsp3) is 0.250. The van der Waals surface area contributed by atoms with Crippen LogP contribution in [0.5, 0.6) is 0 Å². The Morgan fingerprint density at radius 1 is 1.14 bits per heavy atom. The number of fused-ring (bicyclic) bond motifs is 1. The van der Waals surface area contributed by atoms with Crippen LogP contribution in [0, 0.1) is 0 Å². The molecule has 112 valence electrons. The van der Waals surface area contributed by atoms with Crippen molar-refractivity contribution in [2.24, 2.45) is 0 Å². The van der Waals surface area contributed by atoms with E-state index in [1.165, 1.54) is 31.4 Å². The molecule has 1 unspecified atom stereocenters. The van der Waals surface area contributed by atoms with E-state index < -0.39 is 23.3 Å². The fourth-order valence-electron chi connectivity index (χ4n) is 2.99. The predicted octanol–water partition coefficient (Wildman–Crippen LogP) is 1.11. The molecule has 2 amide bonds. The molecule has 0 fully saturated rings. The van der Waals surface area contributed by atoms with Crippen LogP contribution in [-0.4, -0.2) is 41.1 Å². The number of rotatable bonds is 2. The van der Waals surface area contributed by atoms with Crippen LogP contribution in [-0.2, 0) is 14.3 Å². The predicted molar refractivity (Wildman–Crippen MR) is 75.1 cm³/mol. The molecule has 1 aliphatic heterocycles. The number of hydrogen-bond donors (Lipinski definition) is 0. The number of imide groups is 1. The van der Waals surface area contributed by atoms with E-state index in [4.69, 9.17) is 4.74 Å². The van der Waals surface area contributed by atoms with Gasteiger partial charge in [-0.2, -0.15) is 0 Å².